The van der Waals surface area contributed by atoms with Gasteiger partial charge >= 0.3 is 12.2 Å². The lowest BCUT2D eigenvalue weighted by Crippen LogP contribution is -2.43. The van der Waals surface area contributed by atoms with Crippen LogP contribution in [0, 0.1) is 0 Å². The standard InChI is InChI=1S/C27H42N4O7S2Si/c1-25(2,3)36-23(34)28-12-18(32)16-14-40-22(31-16)20(33)21(38-41(10,11)27(7,8)9)17-15-39-19(30-17)13-29-24(35)37-26(4,5)6/h14-15,21H,12-13H2,1-11H3,(H,28,34)(H,29,35). The zero-order valence-electron chi connectivity index (χ0n) is 25.7. The Morgan fingerprint density at radius 3 is 1.95 bits per heavy atom. The number of nitrogens with one attached hydrogen (secondary N) is 2. The van der Waals surface area contributed by atoms with Crippen LogP contribution in [-0.4, -0.2) is 59.8 Å². The number of thiazole rings is 2. The summed E-state index contributed by atoms with van der Waals surface area (Å²) in [6.07, 6.45) is -2.34. The molecule has 2 amide bonds. The van der Waals surface area contributed by atoms with Crippen LogP contribution in [0.25, 0.3) is 0 Å². The third-order valence-corrected chi connectivity index (χ3v) is 12.0. The summed E-state index contributed by atoms with van der Waals surface area (Å²) in [5, 5.41) is 8.76. The van der Waals surface area contributed by atoms with E-state index in [2.05, 4.69) is 41.4 Å². The molecule has 0 saturated heterocycles. The largest absolute Gasteiger partial charge is 0.444 e. The van der Waals surface area contributed by atoms with Gasteiger partial charge in [-0.15, -0.1) is 22.7 Å². The first-order valence-electron chi connectivity index (χ1n) is 13.2. The molecule has 0 fully saturated rings. The molecule has 0 spiro atoms. The third kappa shape index (κ3) is 10.9. The zero-order valence-corrected chi connectivity index (χ0v) is 28.3. The van der Waals surface area contributed by atoms with Gasteiger partial charge in [0.25, 0.3) is 0 Å². The molecule has 1 unspecified atom stereocenters. The normalized spacial score (nSPS) is 13.3. The van der Waals surface area contributed by atoms with Crippen LogP contribution >= 0.6 is 22.7 Å². The molecule has 0 aliphatic rings. The third-order valence-electron chi connectivity index (χ3n) is 5.87. The molecule has 228 valence electrons. The van der Waals surface area contributed by atoms with Crippen LogP contribution in [0.4, 0.5) is 9.59 Å². The van der Waals surface area contributed by atoms with Gasteiger partial charge in [-0.2, -0.15) is 0 Å². The molecule has 2 aromatic rings. The number of rotatable bonds is 10. The van der Waals surface area contributed by atoms with Crippen molar-refractivity contribution in [3.63, 3.8) is 0 Å². The second kappa shape index (κ2) is 13.1. The topological polar surface area (TPSA) is 146 Å². The van der Waals surface area contributed by atoms with Crippen molar-refractivity contribution in [3.05, 3.63) is 32.2 Å². The van der Waals surface area contributed by atoms with Crippen molar-refractivity contribution in [3.8, 4) is 0 Å². The van der Waals surface area contributed by atoms with Crippen LogP contribution in [0.1, 0.15) is 99.4 Å². The summed E-state index contributed by atoms with van der Waals surface area (Å²) in [6.45, 7) is 20.5. The Balaban J connectivity index is 2.24. The number of ether oxygens (including phenoxy) is 2. The summed E-state index contributed by atoms with van der Waals surface area (Å²) >= 11 is 2.31. The highest BCUT2D eigenvalue weighted by atomic mass is 32.1. The smallest absolute Gasteiger partial charge is 0.408 e. The molecule has 2 heterocycles. The molecule has 1 atom stereocenters. The number of aromatic nitrogens is 2. The Labute approximate surface area is 250 Å². The van der Waals surface area contributed by atoms with Gasteiger partial charge in [0.1, 0.15) is 21.9 Å². The van der Waals surface area contributed by atoms with Gasteiger partial charge in [0, 0.05) is 10.8 Å². The van der Waals surface area contributed by atoms with Crippen molar-refractivity contribution < 1.29 is 33.1 Å². The van der Waals surface area contributed by atoms with Gasteiger partial charge < -0.3 is 24.5 Å². The highest BCUT2D eigenvalue weighted by Gasteiger charge is 2.42. The fourth-order valence-corrected chi connectivity index (χ4v) is 5.59. The number of Topliss-reactive ketones (excluding diaryl/α,β-unsaturated/α-hetero) is 2. The Hall–Kier alpha value is -2.68. The molecule has 0 aliphatic carbocycles. The van der Waals surface area contributed by atoms with Gasteiger partial charge in [0.2, 0.25) is 11.6 Å². The fraction of sp³-hybridized carbons (Fsp3) is 0.630. The molecule has 0 aromatic carbocycles. The highest BCUT2D eigenvalue weighted by Crippen LogP contribution is 2.41. The molecule has 2 rings (SSSR count). The fourth-order valence-electron chi connectivity index (χ4n) is 2.89. The monoisotopic (exact) mass is 626 g/mol. The van der Waals surface area contributed by atoms with E-state index in [1.54, 1.807) is 46.9 Å². The van der Waals surface area contributed by atoms with E-state index in [9.17, 15) is 19.2 Å². The lowest BCUT2D eigenvalue weighted by molar-refractivity contribution is 0.0512. The summed E-state index contributed by atoms with van der Waals surface area (Å²) in [4.78, 5) is 59.2. The Bertz CT molecular complexity index is 1250. The van der Waals surface area contributed by atoms with Crippen LogP contribution in [0.15, 0.2) is 10.8 Å². The minimum absolute atomic E-state index is 0.0565. The molecule has 14 heteroatoms. The van der Waals surface area contributed by atoms with Crippen molar-refractivity contribution in [2.45, 2.75) is 104 Å². The summed E-state index contributed by atoms with van der Waals surface area (Å²) in [6, 6.07) is 0. The molecule has 0 radical (unpaired) electrons. The molecule has 2 N–H and O–H groups in total. The van der Waals surface area contributed by atoms with Crippen LogP contribution < -0.4 is 10.6 Å². The van der Waals surface area contributed by atoms with Crippen molar-refractivity contribution >= 4 is 54.7 Å². The second-order valence-electron chi connectivity index (χ2n) is 13.0. The van der Waals surface area contributed by atoms with Gasteiger partial charge in [-0.3, -0.25) is 9.59 Å². The summed E-state index contributed by atoms with van der Waals surface area (Å²) in [5.41, 5.74) is -0.873. The summed E-state index contributed by atoms with van der Waals surface area (Å²) < 4.78 is 17.0. The van der Waals surface area contributed by atoms with E-state index in [4.69, 9.17) is 13.9 Å². The first-order valence-corrected chi connectivity index (χ1v) is 17.8. The van der Waals surface area contributed by atoms with Crippen molar-refractivity contribution in [2.75, 3.05) is 6.54 Å². The average Bonchev–Trinajstić information content (AvgIpc) is 3.46. The number of hydrogen-bond donors (Lipinski definition) is 2. The Morgan fingerprint density at radius 2 is 1.41 bits per heavy atom. The van der Waals surface area contributed by atoms with Crippen LogP contribution in [0.2, 0.25) is 18.1 Å². The summed E-state index contributed by atoms with van der Waals surface area (Å²) in [7, 11) is -2.46. The van der Waals surface area contributed by atoms with Crippen LogP contribution in [0.5, 0.6) is 0 Å². The maximum absolute atomic E-state index is 13.8. The number of carbonyl (C=O) groups is 4. The Kier molecular flexibility index (Phi) is 11.0. The van der Waals surface area contributed by atoms with Crippen molar-refractivity contribution in [1.29, 1.82) is 0 Å². The number of carbonyl (C=O) groups excluding carboxylic acids is 4. The van der Waals surface area contributed by atoms with E-state index < -0.39 is 49.4 Å². The van der Waals surface area contributed by atoms with Crippen LogP contribution in [0.3, 0.4) is 0 Å². The van der Waals surface area contributed by atoms with E-state index in [1.807, 2.05) is 13.1 Å². The summed E-state index contributed by atoms with van der Waals surface area (Å²) in [5.74, 6) is -0.881. The van der Waals surface area contributed by atoms with Gasteiger partial charge in [0.05, 0.1) is 18.8 Å². The second-order valence-corrected chi connectivity index (χ2v) is 19.5. The van der Waals surface area contributed by atoms with Crippen molar-refractivity contribution in [1.82, 2.24) is 20.6 Å². The molecule has 41 heavy (non-hydrogen) atoms. The van der Waals surface area contributed by atoms with Gasteiger partial charge in [-0.05, 0) is 59.7 Å². The number of amides is 2. The maximum atomic E-state index is 13.8. The molecule has 11 nitrogen and oxygen atoms in total. The van der Waals surface area contributed by atoms with Gasteiger partial charge in [-0.1, -0.05) is 20.8 Å². The number of ketones is 2. The van der Waals surface area contributed by atoms with Crippen LogP contribution in [-0.2, 0) is 20.4 Å². The number of hydrogen-bond acceptors (Lipinski definition) is 11. The average molecular weight is 627 g/mol. The van der Waals surface area contributed by atoms with Gasteiger partial charge in [-0.25, -0.2) is 19.6 Å². The number of alkyl carbamates (subject to hydrolysis) is 2. The minimum Gasteiger partial charge on any atom is -0.444 e. The minimum atomic E-state index is -2.46. The Morgan fingerprint density at radius 1 is 0.854 bits per heavy atom. The predicted octanol–water partition coefficient (Wildman–Crippen LogP) is 6.28. The van der Waals surface area contributed by atoms with Crippen molar-refractivity contribution in [2.24, 2.45) is 0 Å². The highest BCUT2D eigenvalue weighted by molar-refractivity contribution is 7.12. The number of nitrogens with zero attached hydrogens (tertiary/aromatic N) is 2. The molecule has 0 saturated carbocycles. The van der Waals surface area contributed by atoms with E-state index in [-0.39, 0.29) is 28.8 Å². The maximum Gasteiger partial charge on any atom is 0.408 e. The zero-order chi connectivity index (χ0) is 31.4. The molecular weight excluding hydrogens is 585 g/mol. The van der Waals surface area contributed by atoms with E-state index in [0.29, 0.717) is 10.7 Å². The lowest BCUT2D eigenvalue weighted by atomic mass is 10.2. The molecule has 0 bridgehead atoms. The van der Waals surface area contributed by atoms with Gasteiger partial charge in [0.15, 0.2) is 19.4 Å². The SMILES string of the molecule is CC(C)(C)OC(=O)NCC(=O)c1csc(C(=O)C(O[Si](C)(C)C(C)(C)C)c2csc(CNC(=O)OC(C)(C)C)n2)n1. The first-order chi connectivity index (χ1) is 18.6. The van der Waals surface area contributed by atoms with E-state index >= 15 is 0 Å². The molecule has 0 aliphatic heterocycles. The molecular formula is C27H42N4O7S2Si. The quantitative estimate of drug-likeness (QED) is 0.230. The predicted molar refractivity (Wildman–Crippen MR) is 161 cm³/mol. The lowest BCUT2D eigenvalue weighted by Gasteiger charge is -2.38. The molecule has 2 aromatic heterocycles. The van der Waals surface area contributed by atoms with E-state index in [1.165, 1.54) is 16.7 Å². The van der Waals surface area contributed by atoms with E-state index in [0.717, 1.165) is 11.3 Å². The first kappa shape index (κ1) is 34.5.